The Bertz CT molecular complexity index is 1720. The second kappa shape index (κ2) is 24.1. The molecule has 15 nitrogen and oxygen atoms in total. The first kappa shape index (κ1) is 46.7. The third-order valence-electron chi connectivity index (χ3n) is 9.41. The van der Waals surface area contributed by atoms with Crippen LogP contribution in [0.4, 0.5) is 5.69 Å². The summed E-state index contributed by atoms with van der Waals surface area (Å²) in [5.41, 5.74) is 0.949. The van der Waals surface area contributed by atoms with Crippen molar-refractivity contribution in [3.8, 4) is 0 Å². The number of nitrogens with one attached hydrogen (secondary N) is 3. The number of ether oxygens (including phenoxy) is 3. The highest BCUT2D eigenvalue weighted by Gasteiger charge is 2.34. The number of ketones is 4. The van der Waals surface area contributed by atoms with E-state index in [1.54, 1.807) is 13.8 Å². The van der Waals surface area contributed by atoms with E-state index in [2.05, 4.69) is 20.7 Å². The van der Waals surface area contributed by atoms with Gasteiger partial charge in [-0.3, -0.25) is 43.2 Å². The number of Topliss-reactive ketones (excluding diaryl/α,β-unsaturated/α-hetero) is 4. The Labute approximate surface area is 327 Å². The Morgan fingerprint density at radius 1 is 0.643 bits per heavy atom. The van der Waals surface area contributed by atoms with Crippen LogP contribution in [-0.2, 0) is 57.4 Å². The van der Waals surface area contributed by atoms with Gasteiger partial charge in [0.2, 0.25) is 11.8 Å². The first-order chi connectivity index (χ1) is 26.6. The molecule has 0 heterocycles. The van der Waals surface area contributed by atoms with Gasteiger partial charge in [0.25, 0.3) is 0 Å². The van der Waals surface area contributed by atoms with E-state index in [1.165, 1.54) is 6.92 Å². The minimum Gasteiger partial charge on any atom is -0.469 e. The number of hydrogen-bond acceptors (Lipinski definition) is 13. The smallest absolute Gasteiger partial charge is 0.308 e. The van der Waals surface area contributed by atoms with E-state index in [0.29, 0.717) is 13.0 Å². The normalized spacial score (nSPS) is 13.1. The summed E-state index contributed by atoms with van der Waals surface area (Å²) in [6, 6.07) is 11.3. The van der Waals surface area contributed by atoms with Gasteiger partial charge in [-0.1, -0.05) is 50.2 Å². The zero-order valence-electron chi connectivity index (χ0n) is 33.1. The highest BCUT2D eigenvalue weighted by Crippen LogP contribution is 2.23. The zero-order chi connectivity index (χ0) is 41.8. The summed E-state index contributed by atoms with van der Waals surface area (Å²) >= 11 is 0. The molecule has 0 spiro atoms. The summed E-state index contributed by atoms with van der Waals surface area (Å²) in [6.07, 6.45) is -1.81. The monoisotopic (exact) mass is 781 g/mol. The fraction of sp³-hybridized carbons (Fsp3) is 0.537. The van der Waals surface area contributed by atoms with Crippen LogP contribution in [0.15, 0.2) is 42.5 Å². The number of rotatable bonds is 26. The molecule has 4 atom stereocenters. The third kappa shape index (κ3) is 16.1. The van der Waals surface area contributed by atoms with Gasteiger partial charge in [0, 0.05) is 68.0 Å². The first-order valence-corrected chi connectivity index (χ1v) is 18.7. The minimum atomic E-state index is -1.42. The van der Waals surface area contributed by atoms with Gasteiger partial charge in [-0.2, -0.15) is 0 Å². The van der Waals surface area contributed by atoms with Gasteiger partial charge in [-0.05, 0) is 37.1 Å². The number of benzene rings is 2. The Hall–Kier alpha value is -5.47. The number of carbonyl (C=O) groups excluding carboxylic acids is 9. The van der Waals surface area contributed by atoms with Crippen molar-refractivity contribution < 1.29 is 57.4 Å². The first-order valence-electron chi connectivity index (χ1n) is 18.7. The molecule has 56 heavy (non-hydrogen) atoms. The van der Waals surface area contributed by atoms with Crippen LogP contribution in [0.25, 0.3) is 10.8 Å². The number of fused-ring (bicyclic) bond motifs is 1. The molecular formula is C41H55N3O12. The molecule has 0 radical (unpaired) electrons. The van der Waals surface area contributed by atoms with E-state index in [9.17, 15) is 43.2 Å². The lowest BCUT2D eigenvalue weighted by Gasteiger charge is -2.26. The van der Waals surface area contributed by atoms with Crippen LogP contribution in [0, 0.1) is 17.8 Å². The molecule has 2 aromatic rings. The lowest BCUT2D eigenvalue weighted by Crippen LogP contribution is -2.49. The molecule has 306 valence electrons. The van der Waals surface area contributed by atoms with E-state index in [4.69, 9.17) is 9.47 Å². The molecule has 0 bridgehead atoms. The summed E-state index contributed by atoms with van der Waals surface area (Å²) in [5, 5.41) is 10.6. The van der Waals surface area contributed by atoms with Gasteiger partial charge < -0.3 is 30.2 Å². The maximum atomic E-state index is 13.7. The molecule has 2 aromatic carbocycles. The molecule has 3 N–H and O–H groups in total. The van der Waals surface area contributed by atoms with Crippen molar-refractivity contribution >= 4 is 69.3 Å². The summed E-state index contributed by atoms with van der Waals surface area (Å²) in [5.74, 6) is -8.03. The molecular weight excluding hydrogens is 726 g/mol. The number of anilines is 1. The summed E-state index contributed by atoms with van der Waals surface area (Å²) in [4.78, 5) is 115. The van der Waals surface area contributed by atoms with Gasteiger partial charge in [0.05, 0.1) is 46.3 Å². The SMILES string of the molecule is COC(=O)CCC(CC(=O)C(CC(=O)OC)NC(=O)CCC(=O)CCCNc1cccc2ccccc12)C(=O)N[C@@H](C(=O)CC(CC(=O)OC)C(C)=O)C(C)C. The average Bonchev–Trinajstić information content (AvgIpc) is 3.17. The van der Waals surface area contributed by atoms with Crippen LogP contribution >= 0.6 is 0 Å². The highest BCUT2D eigenvalue weighted by molar-refractivity contribution is 5.98. The van der Waals surface area contributed by atoms with Crippen molar-refractivity contribution in [1.29, 1.82) is 0 Å². The standard InChI is InChI=1S/C41H55N3O12/c1-25(2)40(35(48)22-29(26(3)45)23-38(51)55-5)44-41(53)28(16-19-37(50)54-4)21-34(47)33(24-39(52)56-6)43-36(49)18-17-30(46)13-10-20-42-32-15-9-12-27-11-7-8-14-31(27)32/h7-9,11-12,14-15,25,28-29,33,40,42H,10,13,16-24H2,1-6H3,(H,43,49)(H,44,53)/t28?,29?,33?,40-/m1/s1. The van der Waals surface area contributed by atoms with E-state index in [1.807, 2.05) is 42.5 Å². The van der Waals surface area contributed by atoms with Crippen LogP contribution in [-0.4, -0.2) is 92.8 Å². The van der Waals surface area contributed by atoms with Crippen LogP contribution in [0.5, 0.6) is 0 Å². The lowest BCUT2D eigenvalue weighted by atomic mass is 9.87. The number of hydrogen-bond donors (Lipinski definition) is 3. The van der Waals surface area contributed by atoms with Crippen LogP contribution < -0.4 is 16.0 Å². The Balaban J connectivity index is 2.07. The third-order valence-corrected chi connectivity index (χ3v) is 9.41. The molecule has 0 aliphatic carbocycles. The van der Waals surface area contributed by atoms with Crippen molar-refractivity contribution in [3.63, 3.8) is 0 Å². The number of esters is 3. The van der Waals surface area contributed by atoms with Gasteiger partial charge in [-0.25, -0.2) is 0 Å². The molecule has 3 unspecified atom stereocenters. The second-order valence-electron chi connectivity index (χ2n) is 14.0. The molecule has 15 heteroatoms. The van der Waals surface area contributed by atoms with Crippen LogP contribution in [0.1, 0.15) is 85.0 Å². The highest BCUT2D eigenvalue weighted by atomic mass is 16.5. The summed E-state index contributed by atoms with van der Waals surface area (Å²) in [6.45, 7) is 5.10. The average molecular weight is 782 g/mol. The van der Waals surface area contributed by atoms with E-state index < -0.39 is 89.8 Å². The number of methoxy groups -OCH3 is 3. The molecule has 0 aliphatic rings. The molecule has 0 aliphatic heterocycles. The van der Waals surface area contributed by atoms with E-state index >= 15 is 0 Å². The van der Waals surface area contributed by atoms with Crippen molar-refractivity contribution in [2.45, 2.75) is 97.1 Å². The van der Waals surface area contributed by atoms with Crippen molar-refractivity contribution in [3.05, 3.63) is 42.5 Å². The van der Waals surface area contributed by atoms with Crippen LogP contribution in [0.3, 0.4) is 0 Å². The van der Waals surface area contributed by atoms with Crippen molar-refractivity contribution in [2.75, 3.05) is 33.2 Å². The van der Waals surface area contributed by atoms with Crippen molar-refractivity contribution in [1.82, 2.24) is 10.6 Å². The predicted octanol–water partition coefficient (Wildman–Crippen LogP) is 3.83. The molecule has 0 saturated carbocycles. The quantitative estimate of drug-likeness (QED) is 0.0704. The molecule has 0 fully saturated rings. The van der Waals surface area contributed by atoms with Crippen LogP contribution in [0.2, 0.25) is 0 Å². The Morgan fingerprint density at radius 2 is 1.27 bits per heavy atom. The van der Waals surface area contributed by atoms with Gasteiger partial charge in [0.15, 0.2) is 11.6 Å². The zero-order valence-corrected chi connectivity index (χ0v) is 33.1. The van der Waals surface area contributed by atoms with Crippen molar-refractivity contribution in [2.24, 2.45) is 17.8 Å². The van der Waals surface area contributed by atoms with E-state index in [0.717, 1.165) is 37.8 Å². The maximum absolute atomic E-state index is 13.7. The number of carbonyl (C=O) groups is 9. The predicted molar refractivity (Wildman–Crippen MR) is 206 cm³/mol. The van der Waals surface area contributed by atoms with Gasteiger partial charge >= 0.3 is 17.9 Å². The summed E-state index contributed by atoms with van der Waals surface area (Å²) < 4.78 is 14.1. The molecule has 0 aromatic heterocycles. The fourth-order valence-electron chi connectivity index (χ4n) is 6.04. The molecule has 0 saturated heterocycles. The Morgan fingerprint density at radius 3 is 1.91 bits per heavy atom. The topological polar surface area (TPSA) is 217 Å². The lowest BCUT2D eigenvalue weighted by molar-refractivity contribution is -0.145. The summed E-state index contributed by atoms with van der Waals surface area (Å²) in [7, 11) is 3.42. The molecule has 2 rings (SSSR count). The largest absolute Gasteiger partial charge is 0.469 e. The molecule has 2 amide bonds. The van der Waals surface area contributed by atoms with Gasteiger partial charge in [0.1, 0.15) is 11.6 Å². The maximum Gasteiger partial charge on any atom is 0.308 e. The van der Waals surface area contributed by atoms with Gasteiger partial charge in [-0.15, -0.1) is 0 Å². The minimum absolute atomic E-state index is 0.0991. The second-order valence-corrected chi connectivity index (χ2v) is 14.0. The fourth-order valence-corrected chi connectivity index (χ4v) is 6.04. The number of amides is 2. The Kier molecular flexibility index (Phi) is 20.1. The van der Waals surface area contributed by atoms with E-state index in [-0.39, 0.29) is 50.7 Å².